The summed E-state index contributed by atoms with van der Waals surface area (Å²) in [5.41, 5.74) is 2.12. The van der Waals surface area contributed by atoms with Gasteiger partial charge in [-0.05, 0) is 29.3 Å². The number of ether oxygens (including phenoxy) is 3. The summed E-state index contributed by atoms with van der Waals surface area (Å²) in [5, 5.41) is 10.6. The maximum Gasteiger partial charge on any atom is 0.199 e. The number of epoxide rings is 1. The van der Waals surface area contributed by atoms with Gasteiger partial charge in [-0.25, -0.2) is 17.6 Å². The van der Waals surface area contributed by atoms with Crippen LogP contribution < -0.4 is 0 Å². The molecule has 0 amide bonds. The van der Waals surface area contributed by atoms with Gasteiger partial charge in [0.25, 0.3) is 0 Å². The minimum atomic E-state index is -1.51. The molecule has 1 aliphatic heterocycles. The lowest BCUT2D eigenvalue weighted by atomic mass is 9.86. The number of benzene rings is 2. The van der Waals surface area contributed by atoms with Gasteiger partial charge in [0.2, 0.25) is 0 Å². The molecule has 5 rings (SSSR count). The second-order valence-electron chi connectivity index (χ2n) is 8.56. The zero-order valence-corrected chi connectivity index (χ0v) is 17.5. The Labute approximate surface area is 188 Å². The lowest BCUT2D eigenvalue weighted by Gasteiger charge is -2.37. The molecule has 0 aromatic heterocycles. The van der Waals surface area contributed by atoms with Crippen LogP contribution in [0.5, 0.6) is 0 Å². The summed E-state index contributed by atoms with van der Waals surface area (Å²) in [4.78, 5) is 0. The maximum absolute atomic E-state index is 13.9. The van der Waals surface area contributed by atoms with Gasteiger partial charge in [-0.2, -0.15) is 0 Å². The van der Waals surface area contributed by atoms with E-state index in [-0.39, 0.29) is 18.6 Å². The first kappa shape index (κ1) is 22.3. The Morgan fingerprint density at radius 1 is 0.939 bits per heavy atom. The summed E-state index contributed by atoms with van der Waals surface area (Å²) in [5.74, 6) is -5.48. The van der Waals surface area contributed by atoms with Crippen LogP contribution in [0.2, 0.25) is 0 Å². The Kier molecular flexibility index (Phi) is 5.86. The molecule has 2 aromatic carbocycles. The van der Waals surface area contributed by atoms with Crippen LogP contribution in [0.3, 0.4) is 0 Å². The van der Waals surface area contributed by atoms with Crippen LogP contribution in [-0.2, 0) is 27.1 Å². The predicted octanol–water partition coefficient (Wildman–Crippen LogP) is 4.98. The van der Waals surface area contributed by atoms with E-state index >= 15 is 0 Å². The highest BCUT2D eigenvalue weighted by Crippen LogP contribution is 2.46. The summed E-state index contributed by atoms with van der Waals surface area (Å²) in [7, 11) is 0. The van der Waals surface area contributed by atoms with E-state index in [4.69, 9.17) is 14.2 Å². The van der Waals surface area contributed by atoms with Gasteiger partial charge >= 0.3 is 0 Å². The van der Waals surface area contributed by atoms with Gasteiger partial charge in [-0.15, -0.1) is 0 Å². The molecule has 5 atom stereocenters. The first-order valence-corrected chi connectivity index (χ1v) is 10.7. The van der Waals surface area contributed by atoms with E-state index in [0.29, 0.717) is 12.8 Å². The predicted molar refractivity (Wildman–Crippen MR) is 110 cm³/mol. The number of hydrogen-bond acceptors (Lipinski definition) is 4. The number of fused-ring (bicyclic) bond motifs is 1. The fourth-order valence-corrected chi connectivity index (χ4v) is 4.46. The van der Waals surface area contributed by atoms with Crippen molar-refractivity contribution >= 4 is 0 Å². The lowest BCUT2D eigenvalue weighted by Crippen LogP contribution is -2.44. The van der Waals surface area contributed by atoms with Crippen LogP contribution in [0.15, 0.2) is 66.3 Å². The van der Waals surface area contributed by atoms with Gasteiger partial charge in [-0.3, -0.25) is 0 Å². The van der Waals surface area contributed by atoms with Gasteiger partial charge in [0, 0.05) is 30.7 Å². The number of aliphatic hydroxyl groups excluding tert-OH is 1. The first-order valence-electron chi connectivity index (χ1n) is 10.7. The van der Waals surface area contributed by atoms with Crippen LogP contribution in [0.4, 0.5) is 17.6 Å². The quantitative estimate of drug-likeness (QED) is 0.374. The molecule has 0 spiro atoms. The van der Waals surface area contributed by atoms with E-state index in [9.17, 15) is 22.7 Å². The zero-order chi connectivity index (χ0) is 23.2. The van der Waals surface area contributed by atoms with E-state index < -0.39 is 53.5 Å². The lowest BCUT2D eigenvalue weighted by molar-refractivity contribution is -0.210. The summed E-state index contributed by atoms with van der Waals surface area (Å²) in [6, 6.07) is 10.8. The first-order chi connectivity index (χ1) is 15.8. The second kappa shape index (κ2) is 8.68. The highest BCUT2D eigenvalue weighted by molar-refractivity contribution is 5.32. The van der Waals surface area contributed by atoms with Crippen LogP contribution in [0, 0.1) is 17.6 Å². The molecule has 2 aliphatic carbocycles. The minimum absolute atomic E-state index is 0.0711. The maximum atomic E-state index is 13.9. The average Bonchev–Trinajstić information content (AvgIpc) is 3.58. The standard InChI is InChI=1S/C25H22F4O4/c26-18-7-5-16(9-20(18)28)24(30)32-22-10-14-3-1-2-4-15(14)11-23(22)33-25(13-31-25)17-6-8-19(27)21(29)12-17/h1-9,17,22-24,30H,10-13H2. The highest BCUT2D eigenvalue weighted by Gasteiger charge is 2.55. The van der Waals surface area contributed by atoms with Gasteiger partial charge in [0.1, 0.15) is 12.4 Å². The molecule has 174 valence electrons. The zero-order valence-electron chi connectivity index (χ0n) is 17.5. The Balaban J connectivity index is 1.37. The van der Waals surface area contributed by atoms with E-state index in [0.717, 1.165) is 29.3 Å². The molecule has 8 heteroatoms. The largest absolute Gasteiger partial charge is 0.364 e. The Bertz CT molecular complexity index is 1110. The summed E-state index contributed by atoms with van der Waals surface area (Å²) in [6.45, 7) is 0.216. The van der Waals surface area contributed by atoms with Crippen molar-refractivity contribution < 1.29 is 36.9 Å². The molecular formula is C25H22F4O4. The fraction of sp³-hybridized carbons (Fsp3) is 0.360. The Morgan fingerprint density at radius 3 is 2.27 bits per heavy atom. The molecule has 33 heavy (non-hydrogen) atoms. The van der Waals surface area contributed by atoms with Crippen molar-refractivity contribution in [1.82, 2.24) is 0 Å². The van der Waals surface area contributed by atoms with Crippen LogP contribution in [0.1, 0.15) is 29.4 Å². The summed E-state index contributed by atoms with van der Waals surface area (Å²) in [6.07, 6.45) is 0.557. The van der Waals surface area contributed by atoms with Crippen molar-refractivity contribution in [1.29, 1.82) is 0 Å². The number of halogens is 4. The fourth-order valence-electron chi connectivity index (χ4n) is 4.46. The van der Waals surface area contributed by atoms with Crippen LogP contribution in [0.25, 0.3) is 0 Å². The molecule has 1 N–H and O–H groups in total. The third-order valence-corrected chi connectivity index (χ3v) is 6.39. The molecule has 0 saturated carbocycles. The summed E-state index contributed by atoms with van der Waals surface area (Å²) >= 11 is 0. The van der Waals surface area contributed by atoms with Crippen molar-refractivity contribution in [3.05, 3.63) is 94.6 Å². The van der Waals surface area contributed by atoms with E-state index in [1.54, 1.807) is 0 Å². The number of allylic oxidation sites excluding steroid dienone is 3. The van der Waals surface area contributed by atoms with Crippen molar-refractivity contribution in [2.45, 2.75) is 43.5 Å². The van der Waals surface area contributed by atoms with Crippen molar-refractivity contribution in [2.24, 2.45) is 5.92 Å². The van der Waals surface area contributed by atoms with Crippen molar-refractivity contribution in [3.63, 3.8) is 0 Å². The number of aliphatic hydroxyl groups is 1. The molecule has 0 radical (unpaired) electrons. The SMILES string of the molecule is OC(OC1Cc2ccccc2CC1OC1(C2C=CC(F)=C(F)C2)CO1)c1ccc(F)c(F)c1. The molecule has 4 nitrogen and oxygen atoms in total. The molecule has 2 aromatic rings. The Morgan fingerprint density at radius 2 is 1.64 bits per heavy atom. The summed E-state index contributed by atoms with van der Waals surface area (Å²) < 4.78 is 72.0. The van der Waals surface area contributed by atoms with E-state index in [2.05, 4.69) is 0 Å². The van der Waals surface area contributed by atoms with Crippen molar-refractivity contribution in [2.75, 3.05) is 6.61 Å². The van der Waals surface area contributed by atoms with Gasteiger partial charge in [0.15, 0.2) is 29.5 Å². The third-order valence-electron chi connectivity index (χ3n) is 6.39. The van der Waals surface area contributed by atoms with Crippen LogP contribution >= 0.6 is 0 Å². The molecular weight excluding hydrogens is 440 g/mol. The average molecular weight is 462 g/mol. The Hall–Kier alpha value is -2.52. The normalized spacial score (nSPS) is 29.7. The topological polar surface area (TPSA) is 51.2 Å². The molecule has 0 bridgehead atoms. The smallest absolute Gasteiger partial charge is 0.199 e. The van der Waals surface area contributed by atoms with Gasteiger partial charge < -0.3 is 19.3 Å². The monoisotopic (exact) mass is 462 g/mol. The molecule has 5 unspecified atom stereocenters. The molecule has 1 fully saturated rings. The molecule has 3 aliphatic rings. The number of rotatable bonds is 6. The highest BCUT2D eigenvalue weighted by atomic mass is 19.2. The van der Waals surface area contributed by atoms with E-state index in [1.807, 2.05) is 24.3 Å². The number of hydrogen-bond donors (Lipinski definition) is 1. The third kappa shape index (κ3) is 4.48. The van der Waals surface area contributed by atoms with Crippen LogP contribution in [-0.4, -0.2) is 29.7 Å². The van der Waals surface area contributed by atoms with Crippen molar-refractivity contribution in [3.8, 4) is 0 Å². The second-order valence-corrected chi connectivity index (χ2v) is 8.56. The molecule has 1 saturated heterocycles. The van der Waals surface area contributed by atoms with E-state index in [1.165, 1.54) is 12.1 Å². The molecule has 1 heterocycles. The minimum Gasteiger partial charge on any atom is -0.364 e. The van der Waals surface area contributed by atoms with Gasteiger partial charge in [0.05, 0.1) is 12.2 Å². The van der Waals surface area contributed by atoms with Gasteiger partial charge in [-0.1, -0.05) is 36.4 Å².